The van der Waals surface area contributed by atoms with Gasteiger partial charge in [-0.15, -0.1) is 0 Å². The van der Waals surface area contributed by atoms with Crippen molar-refractivity contribution in [3.63, 3.8) is 0 Å². The maximum absolute atomic E-state index is 12.2. The summed E-state index contributed by atoms with van der Waals surface area (Å²) in [6.07, 6.45) is 32.1. The van der Waals surface area contributed by atoms with Crippen LogP contribution in [0.3, 0.4) is 0 Å². The number of phosphoric ester groups is 1. The van der Waals surface area contributed by atoms with E-state index in [0.29, 0.717) is 17.4 Å². The lowest BCUT2D eigenvalue weighted by atomic mass is 10.1. The molecule has 2 N–H and O–H groups in total. The van der Waals surface area contributed by atoms with E-state index in [9.17, 15) is 19.4 Å². The standard InChI is InChI=1S/C35H67N2O6P/c1-6-8-9-10-11-12-13-14-15-16-17-18-19-20-21-22-23-24-25-26-27-29-34(38)33(36-35(39)28-7-2)32-43-44(40,41)42-31-30-37(3,4)5/h19-20,23-24,27,29,33-34,38H,6-18,21-22,25-26,28,30-32H2,1-5H3,(H-,36,39,40,41)/b20-19+,24-23+,29-27+. The summed E-state index contributed by atoms with van der Waals surface area (Å²) in [6.45, 7) is 4.22. The van der Waals surface area contributed by atoms with Crippen LogP contribution in [0, 0.1) is 0 Å². The van der Waals surface area contributed by atoms with Gasteiger partial charge in [-0.3, -0.25) is 9.36 Å². The maximum atomic E-state index is 12.2. The van der Waals surface area contributed by atoms with E-state index in [2.05, 4.69) is 36.5 Å². The van der Waals surface area contributed by atoms with Crippen LogP contribution >= 0.6 is 7.82 Å². The number of amides is 1. The van der Waals surface area contributed by atoms with Gasteiger partial charge in [0, 0.05) is 6.42 Å². The Labute approximate surface area is 270 Å². The van der Waals surface area contributed by atoms with E-state index in [4.69, 9.17) is 9.05 Å². The van der Waals surface area contributed by atoms with Crippen LogP contribution in [-0.2, 0) is 18.4 Å². The van der Waals surface area contributed by atoms with Gasteiger partial charge in [0.25, 0.3) is 7.82 Å². The first-order valence-corrected chi connectivity index (χ1v) is 18.8. The zero-order valence-electron chi connectivity index (χ0n) is 28.9. The number of aliphatic hydroxyl groups excluding tert-OH is 1. The molecule has 0 saturated carbocycles. The van der Waals surface area contributed by atoms with Crippen LogP contribution in [0.25, 0.3) is 0 Å². The Balaban J connectivity index is 4.17. The molecule has 0 aromatic carbocycles. The van der Waals surface area contributed by atoms with Gasteiger partial charge in [0.05, 0.1) is 39.9 Å². The summed E-state index contributed by atoms with van der Waals surface area (Å²) in [5.74, 6) is -0.268. The van der Waals surface area contributed by atoms with Crippen molar-refractivity contribution in [2.45, 2.75) is 142 Å². The van der Waals surface area contributed by atoms with Gasteiger partial charge in [-0.2, -0.15) is 0 Å². The number of likely N-dealkylation sites (N-methyl/N-ethyl adjacent to an activating group) is 1. The van der Waals surface area contributed by atoms with Gasteiger partial charge in [0.2, 0.25) is 5.91 Å². The van der Waals surface area contributed by atoms with Crippen LogP contribution in [0.15, 0.2) is 36.5 Å². The molecule has 0 aromatic heterocycles. The third kappa shape index (κ3) is 29.4. The van der Waals surface area contributed by atoms with Gasteiger partial charge in [-0.1, -0.05) is 115 Å². The number of carbonyl (C=O) groups excluding carboxylic acids is 1. The van der Waals surface area contributed by atoms with E-state index < -0.39 is 26.6 Å². The Kier molecular flexibility index (Phi) is 27.2. The van der Waals surface area contributed by atoms with E-state index in [1.165, 1.54) is 77.0 Å². The molecule has 44 heavy (non-hydrogen) atoms. The molecule has 0 aromatic rings. The highest BCUT2D eigenvalue weighted by atomic mass is 31.2. The first-order valence-electron chi connectivity index (χ1n) is 17.4. The number of rotatable bonds is 30. The van der Waals surface area contributed by atoms with E-state index in [-0.39, 0.29) is 18.9 Å². The third-order valence-electron chi connectivity index (χ3n) is 7.30. The number of nitrogens with zero attached hydrogens (tertiary/aromatic N) is 1. The van der Waals surface area contributed by atoms with Gasteiger partial charge >= 0.3 is 0 Å². The van der Waals surface area contributed by atoms with Crippen molar-refractivity contribution in [1.82, 2.24) is 5.32 Å². The third-order valence-corrected chi connectivity index (χ3v) is 8.26. The molecule has 0 aliphatic rings. The Hall–Kier alpha value is -1.28. The summed E-state index contributed by atoms with van der Waals surface area (Å²) in [5.41, 5.74) is 0. The summed E-state index contributed by atoms with van der Waals surface area (Å²) < 4.78 is 22.6. The van der Waals surface area contributed by atoms with Gasteiger partial charge in [0.1, 0.15) is 13.2 Å². The molecule has 3 unspecified atom stereocenters. The maximum Gasteiger partial charge on any atom is 0.268 e. The number of aliphatic hydroxyl groups is 1. The topological polar surface area (TPSA) is 108 Å². The molecule has 8 nitrogen and oxygen atoms in total. The van der Waals surface area contributed by atoms with Crippen molar-refractivity contribution < 1.29 is 32.9 Å². The smallest absolute Gasteiger partial charge is 0.268 e. The van der Waals surface area contributed by atoms with Gasteiger partial charge in [-0.05, 0) is 44.9 Å². The van der Waals surface area contributed by atoms with Crippen molar-refractivity contribution >= 4 is 13.7 Å². The molecule has 1 amide bonds. The number of carbonyl (C=O) groups is 1. The summed E-state index contributed by atoms with van der Waals surface area (Å²) in [6, 6.07) is -0.901. The average Bonchev–Trinajstić information content (AvgIpc) is 2.95. The largest absolute Gasteiger partial charge is 0.756 e. The molecule has 0 aliphatic carbocycles. The quantitative estimate of drug-likeness (QED) is 0.0359. The molecule has 0 saturated heterocycles. The molecule has 0 radical (unpaired) electrons. The second kappa shape index (κ2) is 28.0. The van der Waals surface area contributed by atoms with E-state index in [1.807, 2.05) is 34.1 Å². The van der Waals surface area contributed by atoms with Crippen molar-refractivity contribution in [1.29, 1.82) is 0 Å². The number of hydrogen-bond acceptors (Lipinski definition) is 6. The summed E-state index contributed by atoms with van der Waals surface area (Å²) >= 11 is 0. The fraction of sp³-hybridized carbons (Fsp3) is 0.800. The Bertz CT molecular complexity index is 825. The van der Waals surface area contributed by atoms with Crippen LogP contribution < -0.4 is 10.2 Å². The number of allylic oxidation sites excluding steroid dienone is 5. The van der Waals surface area contributed by atoms with E-state index >= 15 is 0 Å². The van der Waals surface area contributed by atoms with Crippen LogP contribution in [0.2, 0.25) is 0 Å². The number of nitrogens with one attached hydrogen (secondary N) is 1. The number of hydrogen-bond donors (Lipinski definition) is 2. The van der Waals surface area contributed by atoms with Crippen LogP contribution in [0.5, 0.6) is 0 Å². The molecule has 9 heteroatoms. The lowest BCUT2D eigenvalue weighted by Gasteiger charge is -2.29. The minimum atomic E-state index is -4.56. The zero-order chi connectivity index (χ0) is 32.9. The Morgan fingerprint density at radius 2 is 1.27 bits per heavy atom. The first-order chi connectivity index (χ1) is 21.0. The number of phosphoric acid groups is 1. The normalized spacial score (nSPS) is 15.3. The average molecular weight is 643 g/mol. The molecule has 0 aliphatic heterocycles. The lowest BCUT2D eigenvalue weighted by Crippen LogP contribution is -2.45. The summed E-state index contributed by atoms with van der Waals surface area (Å²) in [5, 5.41) is 13.3. The van der Waals surface area contributed by atoms with E-state index in [1.54, 1.807) is 6.08 Å². The second-order valence-corrected chi connectivity index (χ2v) is 14.3. The van der Waals surface area contributed by atoms with Crippen LogP contribution in [0.4, 0.5) is 0 Å². The van der Waals surface area contributed by atoms with Crippen LogP contribution in [0.1, 0.15) is 129 Å². The predicted octanol–water partition coefficient (Wildman–Crippen LogP) is 7.77. The molecule has 0 fully saturated rings. The summed E-state index contributed by atoms with van der Waals surface area (Å²) in [7, 11) is 1.22. The molecule has 0 rings (SSSR count). The van der Waals surface area contributed by atoms with Crippen molar-refractivity contribution in [3.8, 4) is 0 Å². The highest BCUT2D eigenvalue weighted by molar-refractivity contribution is 7.45. The SMILES string of the molecule is CCCCCCCCCCCCC/C=C/CC/C=C/CC/C=C/C(O)C(COP(=O)([O-])OCC[N+](C)(C)C)NC(=O)CCC. The highest BCUT2D eigenvalue weighted by Gasteiger charge is 2.22. The fourth-order valence-electron chi connectivity index (χ4n) is 4.52. The van der Waals surface area contributed by atoms with Crippen molar-refractivity contribution in [2.24, 2.45) is 0 Å². The molecule has 3 atom stereocenters. The number of quaternary nitrogens is 1. The molecule has 0 bridgehead atoms. The van der Waals surface area contributed by atoms with Gasteiger partial charge < -0.3 is 28.8 Å². The first kappa shape index (κ1) is 42.7. The zero-order valence-corrected chi connectivity index (χ0v) is 29.7. The summed E-state index contributed by atoms with van der Waals surface area (Å²) in [4.78, 5) is 24.3. The Morgan fingerprint density at radius 1 is 0.773 bits per heavy atom. The molecule has 258 valence electrons. The fourth-order valence-corrected chi connectivity index (χ4v) is 5.24. The highest BCUT2D eigenvalue weighted by Crippen LogP contribution is 2.38. The second-order valence-electron chi connectivity index (χ2n) is 12.9. The van der Waals surface area contributed by atoms with Crippen molar-refractivity contribution in [3.05, 3.63) is 36.5 Å². The van der Waals surface area contributed by atoms with Crippen LogP contribution in [-0.4, -0.2) is 68.5 Å². The van der Waals surface area contributed by atoms with Crippen molar-refractivity contribution in [2.75, 3.05) is 40.9 Å². The molecule has 0 heterocycles. The number of unbranched alkanes of at least 4 members (excludes halogenated alkanes) is 13. The van der Waals surface area contributed by atoms with Gasteiger partial charge in [0.15, 0.2) is 0 Å². The molecular weight excluding hydrogens is 575 g/mol. The lowest BCUT2D eigenvalue weighted by molar-refractivity contribution is -0.870. The van der Waals surface area contributed by atoms with Gasteiger partial charge in [-0.25, -0.2) is 0 Å². The Morgan fingerprint density at radius 3 is 1.80 bits per heavy atom. The molecule has 0 spiro atoms. The minimum absolute atomic E-state index is 0.0111. The molecular formula is C35H67N2O6P. The monoisotopic (exact) mass is 642 g/mol. The predicted molar refractivity (Wildman–Crippen MR) is 182 cm³/mol. The minimum Gasteiger partial charge on any atom is -0.756 e. The van der Waals surface area contributed by atoms with E-state index in [0.717, 1.165) is 25.7 Å².